The summed E-state index contributed by atoms with van der Waals surface area (Å²) < 4.78 is 30.1. The van der Waals surface area contributed by atoms with Crippen LogP contribution in [0.5, 0.6) is 5.75 Å². The van der Waals surface area contributed by atoms with Crippen molar-refractivity contribution in [3.05, 3.63) is 59.9 Å². The molecule has 1 amide bonds. The van der Waals surface area contributed by atoms with E-state index in [9.17, 15) is 13.2 Å². The van der Waals surface area contributed by atoms with E-state index in [1.165, 1.54) is 0 Å². The summed E-state index contributed by atoms with van der Waals surface area (Å²) in [6.07, 6.45) is 6.91. The van der Waals surface area contributed by atoms with Crippen molar-refractivity contribution >= 4 is 15.7 Å². The molecule has 0 bridgehead atoms. The second-order valence-corrected chi connectivity index (χ2v) is 9.49. The third-order valence-corrected chi connectivity index (χ3v) is 7.23. The lowest BCUT2D eigenvalue weighted by molar-refractivity contribution is -0.120. The Labute approximate surface area is 166 Å². The van der Waals surface area contributed by atoms with Gasteiger partial charge in [-0.25, -0.2) is 8.42 Å². The van der Waals surface area contributed by atoms with Gasteiger partial charge in [-0.2, -0.15) is 0 Å². The van der Waals surface area contributed by atoms with Crippen LogP contribution in [0.3, 0.4) is 0 Å². The maximum absolute atomic E-state index is 12.2. The summed E-state index contributed by atoms with van der Waals surface area (Å²) >= 11 is 0. The maximum atomic E-state index is 12.2. The first-order valence-corrected chi connectivity index (χ1v) is 11.3. The molecular weight excluding hydrogens is 376 g/mol. The first-order valence-electron chi connectivity index (χ1n) is 9.62. The molecule has 0 aliphatic heterocycles. The number of rotatable bonds is 9. The fourth-order valence-corrected chi connectivity index (χ4v) is 5.15. The highest BCUT2D eigenvalue weighted by molar-refractivity contribution is 7.92. The summed E-state index contributed by atoms with van der Waals surface area (Å²) in [6.45, 7) is 0.810. The van der Waals surface area contributed by atoms with Crippen LogP contribution >= 0.6 is 0 Å². The Morgan fingerprint density at radius 2 is 1.86 bits per heavy atom. The van der Waals surface area contributed by atoms with Gasteiger partial charge in [-0.1, -0.05) is 31.0 Å². The summed E-state index contributed by atoms with van der Waals surface area (Å²) in [7, 11) is -3.15. The molecule has 1 aliphatic carbocycles. The van der Waals surface area contributed by atoms with E-state index in [0.717, 1.165) is 42.6 Å². The summed E-state index contributed by atoms with van der Waals surface area (Å²) in [6, 6.07) is 11.3. The van der Waals surface area contributed by atoms with Gasteiger partial charge < -0.3 is 10.1 Å². The van der Waals surface area contributed by atoms with E-state index >= 15 is 0 Å². The van der Waals surface area contributed by atoms with E-state index < -0.39 is 9.84 Å². The minimum atomic E-state index is -3.15. The molecule has 3 rings (SSSR count). The van der Waals surface area contributed by atoms with Crippen molar-refractivity contribution < 1.29 is 17.9 Å². The quantitative estimate of drug-likeness (QED) is 0.697. The van der Waals surface area contributed by atoms with Gasteiger partial charge in [0, 0.05) is 30.9 Å². The van der Waals surface area contributed by atoms with Crippen molar-refractivity contribution in [2.24, 2.45) is 0 Å². The molecule has 1 saturated carbocycles. The fourth-order valence-electron chi connectivity index (χ4n) is 3.29. The van der Waals surface area contributed by atoms with Crippen LogP contribution in [-0.4, -0.2) is 30.3 Å². The zero-order chi connectivity index (χ0) is 19.8. The average molecular weight is 403 g/mol. The highest BCUT2D eigenvalue weighted by Gasteiger charge is 2.28. The predicted molar refractivity (Wildman–Crippen MR) is 108 cm³/mol. The summed E-state index contributed by atoms with van der Waals surface area (Å²) in [5.41, 5.74) is 1.92. The van der Waals surface area contributed by atoms with Crippen molar-refractivity contribution in [3.8, 4) is 5.75 Å². The number of nitrogens with one attached hydrogen (secondary N) is 1. The van der Waals surface area contributed by atoms with Crippen LogP contribution < -0.4 is 10.1 Å². The smallest absolute Gasteiger partial charge is 0.221 e. The molecule has 1 aromatic carbocycles. The number of ether oxygens (including phenoxy) is 1. The van der Waals surface area contributed by atoms with E-state index in [1.54, 1.807) is 12.4 Å². The molecule has 28 heavy (non-hydrogen) atoms. The number of sulfone groups is 1. The molecule has 0 radical (unpaired) electrons. The highest BCUT2D eigenvalue weighted by atomic mass is 32.2. The number of aromatic nitrogens is 1. The largest absolute Gasteiger partial charge is 0.489 e. The van der Waals surface area contributed by atoms with Gasteiger partial charge in [0.1, 0.15) is 12.4 Å². The van der Waals surface area contributed by atoms with E-state index in [0.29, 0.717) is 13.2 Å². The number of hydrogen-bond donors (Lipinski definition) is 1. The Balaban J connectivity index is 1.40. The van der Waals surface area contributed by atoms with E-state index in [4.69, 9.17) is 4.74 Å². The molecule has 2 aromatic rings. The monoisotopic (exact) mass is 402 g/mol. The van der Waals surface area contributed by atoms with Crippen molar-refractivity contribution in [1.82, 2.24) is 10.3 Å². The van der Waals surface area contributed by atoms with Crippen molar-refractivity contribution in [3.63, 3.8) is 0 Å². The van der Waals surface area contributed by atoms with Crippen molar-refractivity contribution in [1.29, 1.82) is 0 Å². The van der Waals surface area contributed by atoms with Crippen LogP contribution in [0.2, 0.25) is 0 Å². The molecule has 1 fully saturated rings. The topological polar surface area (TPSA) is 85.4 Å². The van der Waals surface area contributed by atoms with Crippen LogP contribution in [0.15, 0.2) is 48.8 Å². The fraction of sp³-hybridized carbons (Fsp3) is 0.429. The second kappa shape index (κ2) is 9.68. The Morgan fingerprint density at radius 1 is 1.11 bits per heavy atom. The van der Waals surface area contributed by atoms with Gasteiger partial charge in [0.05, 0.1) is 11.0 Å². The third kappa shape index (κ3) is 6.05. The average Bonchev–Trinajstić information content (AvgIpc) is 3.27. The number of benzene rings is 1. The lowest BCUT2D eigenvalue weighted by Gasteiger charge is -2.11. The molecule has 6 nitrogen and oxygen atoms in total. The van der Waals surface area contributed by atoms with Crippen molar-refractivity contribution in [2.45, 2.75) is 50.5 Å². The Morgan fingerprint density at radius 3 is 2.54 bits per heavy atom. The molecule has 150 valence electrons. The Kier molecular flexibility index (Phi) is 7.03. The van der Waals surface area contributed by atoms with Crippen LogP contribution in [0.1, 0.15) is 43.2 Å². The Hall–Kier alpha value is -2.41. The van der Waals surface area contributed by atoms with Crippen LogP contribution in [0.4, 0.5) is 0 Å². The molecule has 1 heterocycles. The molecule has 0 spiro atoms. The lowest BCUT2D eigenvalue weighted by Crippen LogP contribution is -2.28. The third-order valence-electron chi connectivity index (χ3n) is 4.97. The SMILES string of the molecule is O=C(CCS(=O)(=O)C1CCCC1)NCc1ccc(OCc2cccnc2)cc1. The molecule has 0 saturated heterocycles. The summed E-state index contributed by atoms with van der Waals surface area (Å²) in [5, 5.41) is 2.54. The molecule has 1 aromatic heterocycles. The van der Waals surface area contributed by atoms with Gasteiger partial charge in [0.2, 0.25) is 5.91 Å². The molecule has 0 atom stereocenters. The number of pyridine rings is 1. The second-order valence-electron chi connectivity index (χ2n) is 7.09. The van der Waals surface area contributed by atoms with Crippen LogP contribution in [-0.2, 0) is 27.8 Å². The van der Waals surface area contributed by atoms with Gasteiger partial charge in [0.15, 0.2) is 9.84 Å². The number of amides is 1. The minimum absolute atomic E-state index is 0.0190. The number of nitrogens with zero attached hydrogens (tertiary/aromatic N) is 1. The molecule has 7 heteroatoms. The van der Waals surface area contributed by atoms with E-state index in [2.05, 4.69) is 10.3 Å². The lowest BCUT2D eigenvalue weighted by atomic mass is 10.2. The van der Waals surface area contributed by atoms with Crippen molar-refractivity contribution in [2.75, 3.05) is 5.75 Å². The van der Waals surface area contributed by atoms with Gasteiger partial charge in [-0.3, -0.25) is 9.78 Å². The number of carbonyl (C=O) groups is 1. The van der Waals surface area contributed by atoms with Crippen LogP contribution in [0.25, 0.3) is 0 Å². The zero-order valence-corrected chi connectivity index (χ0v) is 16.7. The number of hydrogen-bond acceptors (Lipinski definition) is 5. The summed E-state index contributed by atoms with van der Waals surface area (Å²) in [4.78, 5) is 16.0. The van der Waals surface area contributed by atoms with Gasteiger partial charge in [0.25, 0.3) is 0 Å². The predicted octanol–water partition coefficient (Wildman–Crippen LogP) is 3.02. The summed E-state index contributed by atoms with van der Waals surface area (Å²) in [5.74, 6) is 0.435. The Bertz CT molecular complexity index is 861. The van der Waals surface area contributed by atoms with Gasteiger partial charge in [-0.15, -0.1) is 0 Å². The normalized spacial score (nSPS) is 14.7. The van der Waals surface area contributed by atoms with Crippen LogP contribution in [0, 0.1) is 0 Å². The first kappa shape index (κ1) is 20.3. The first-order chi connectivity index (χ1) is 13.5. The molecule has 1 aliphatic rings. The number of carbonyl (C=O) groups excluding carboxylic acids is 1. The van der Waals surface area contributed by atoms with E-state index in [1.807, 2.05) is 36.4 Å². The standard InChI is InChI=1S/C21H26N2O4S/c24-21(11-13-28(25,26)20-5-1-2-6-20)23-15-17-7-9-19(10-8-17)27-16-18-4-3-12-22-14-18/h3-4,7-10,12,14,20H,1-2,5-6,11,13,15-16H2,(H,23,24). The molecule has 0 unspecified atom stereocenters. The zero-order valence-electron chi connectivity index (χ0n) is 15.8. The molecule has 1 N–H and O–H groups in total. The van der Waals surface area contributed by atoms with Gasteiger partial charge in [-0.05, 0) is 36.6 Å². The van der Waals surface area contributed by atoms with E-state index in [-0.39, 0.29) is 23.3 Å². The highest BCUT2D eigenvalue weighted by Crippen LogP contribution is 2.25. The minimum Gasteiger partial charge on any atom is -0.489 e. The van der Waals surface area contributed by atoms with Gasteiger partial charge >= 0.3 is 0 Å². The maximum Gasteiger partial charge on any atom is 0.221 e. The molecular formula is C21H26N2O4S.